The minimum atomic E-state index is -1.06. The molecule has 0 aliphatic heterocycles. The van der Waals surface area contributed by atoms with Gasteiger partial charge in [0.25, 0.3) is 11.8 Å². The summed E-state index contributed by atoms with van der Waals surface area (Å²) in [7, 11) is 0. The summed E-state index contributed by atoms with van der Waals surface area (Å²) in [5, 5.41) is 11.8. The summed E-state index contributed by atoms with van der Waals surface area (Å²) in [6, 6.07) is 11.9. The number of hydrogen-bond donors (Lipinski definition) is 4. The first kappa shape index (κ1) is 21.0. The van der Waals surface area contributed by atoms with Crippen LogP contribution in [0.3, 0.4) is 0 Å². The summed E-state index contributed by atoms with van der Waals surface area (Å²) in [5.74, 6) is 9.96. The number of rotatable bonds is 4. The fourth-order valence-corrected chi connectivity index (χ4v) is 2.40. The summed E-state index contributed by atoms with van der Waals surface area (Å²) in [5.41, 5.74) is 8.91. The van der Waals surface area contributed by atoms with E-state index in [1.807, 2.05) is 12.1 Å². The molecule has 2 atom stereocenters. The van der Waals surface area contributed by atoms with Gasteiger partial charge in [-0.25, -0.2) is 5.48 Å². The Labute approximate surface area is 168 Å². The molecule has 0 fully saturated rings. The standard InChI is InChI=1S/C21H18ClN3O3/c1-14(23)19(21(27)25-28)24-20(26)17-11-9-15(10-12-17)5-2-3-6-16-7-4-8-18(22)13-16/h4,7-14,19,28H,23H2,1H3,(H,24,26)(H,25,27)/t14-,19+/m1/s1. The highest BCUT2D eigenvalue weighted by Gasteiger charge is 2.24. The second-order valence-electron chi connectivity index (χ2n) is 5.87. The van der Waals surface area contributed by atoms with Crippen molar-refractivity contribution in [3.05, 3.63) is 70.2 Å². The molecule has 0 radical (unpaired) electrons. The van der Waals surface area contributed by atoms with Crippen LogP contribution in [0.25, 0.3) is 0 Å². The molecular formula is C21H18ClN3O3. The van der Waals surface area contributed by atoms with Crippen molar-refractivity contribution in [2.45, 2.75) is 19.0 Å². The fraction of sp³-hybridized carbons (Fsp3) is 0.143. The van der Waals surface area contributed by atoms with Gasteiger partial charge in [-0.2, -0.15) is 0 Å². The fourth-order valence-electron chi connectivity index (χ4n) is 2.21. The van der Waals surface area contributed by atoms with Gasteiger partial charge in [-0.15, -0.1) is 0 Å². The molecule has 0 spiro atoms. The van der Waals surface area contributed by atoms with Crippen LogP contribution in [0, 0.1) is 23.7 Å². The number of carbonyl (C=O) groups excluding carboxylic acids is 2. The Kier molecular flexibility index (Phi) is 7.62. The zero-order valence-electron chi connectivity index (χ0n) is 15.0. The maximum absolute atomic E-state index is 12.2. The number of hydrogen-bond acceptors (Lipinski definition) is 4. The summed E-state index contributed by atoms with van der Waals surface area (Å²) >= 11 is 5.89. The molecule has 6 nitrogen and oxygen atoms in total. The Balaban J connectivity index is 2.04. The maximum Gasteiger partial charge on any atom is 0.267 e. The van der Waals surface area contributed by atoms with Crippen molar-refractivity contribution >= 4 is 23.4 Å². The molecule has 2 amide bonds. The van der Waals surface area contributed by atoms with Crippen LogP contribution < -0.4 is 16.5 Å². The van der Waals surface area contributed by atoms with Gasteiger partial charge < -0.3 is 11.1 Å². The summed E-state index contributed by atoms with van der Waals surface area (Å²) in [4.78, 5) is 23.8. The molecule has 0 saturated heterocycles. The molecule has 2 aromatic rings. The van der Waals surface area contributed by atoms with E-state index in [0.29, 0.717) is 16.1 Å². The van der Waals surface area contributed by atoms with Gasteiger partial charge in [0.15, 0.2) is 0 Å². The van der Waals surface area contributed by atoms with Crippen molar-refractivity contribution in [3.63, 3.8) is 0 Å². The van der Waals surface area contributed by atoms with E-state index in [1.54, 1.807) is 43.3 Å². The van der Waals surface area contributed by atoms with E-state index in [9.17, 15) is 9.59 Å². The van der Waals surface area contributed by atoms with Crippen molar-refractivity contribution in [1.29, 1.82) is 0 Å². The van der Waals surface area contributed by atoms with Gasteiger partial charge in [-0.1, -0.05) is 29.5 Å². The Morgan fingerprint density at radius 3 is 2.29 bits per heavy atom. The molecule has 0 saturated carbocycles. The third kappa shape index (κ3) is 6.15. The molecule has 0 unspecified atom stereocenters. The minimum absolute atomic E-state index is 0.326. The summed E-state index contributed by atoms with van der Waals surface area (Å²) < 4.78 is 0. The zero-order chi connectivity index (χ0) is 20.5. The van der Waals surface area contributed by atoms with E-state index in [-0.39, 0.29) is 0 Å². The Morgan fingerprint density at radius 1 is 1.07 bits per heavy atom. The number of carbonyl (C=O) groups is 2. The first-order valence-corrected chi connectivity index (χ1v) is 8.66. The van der Waals surface area contributed by atoms with Crippen molar-refractivity contribution in [1.82, 2.24) is 10.8 Å². The third-order valence-corrected chi connectivity index (χ3v) is 3.89. The predicted octanol–water partition coefficient (Wildman–Crippen LogP) is 1.69. The molecule has 142 valence electrons. The van der Waals surface area contributed by atoms with Gasteiger partial charge in [0.05, 0.1) is 0 Å². The lowest BCUT2D eigenvalue weighted by atomic mass is 10.1. The number of halogens is 1. The molecule has 2 aromatic carbocycles. The maximum atomic E-state index is 12.2. The van der Waals surface area contributed by atoms with Crippen LogP contribution in [-0.2, 0) is 4.79 Å². The molecule has 5 N–H and O–H groups in total. The highest BCUT2D eigenvalue weighted by Crippen LogP contribution is 2.09. The molecule has 0 aromatic heterocycles. The third-order valence-electron chi connectivity index (χ3n) is 3.65. The van der Waals surface area contributed by atoms with Crippen LogP contribution in [0.15, 0.2) is 48.5 Å². The molecule has 0 heterocycles. The average molecular weight is 396 g/mol. The van der Waals surface area contributed by atoms with Crippen LogP contribution >= 0.6 is 11.6 Å². The molecule has 0 aliphatic carbocycles. The number of amides is 2. The smallest absolute Gasteiger partial charge is 0.267 e. The number of benzene rings is 2. The lowest BCUT2D eigenvalue weighted by molar-refractivity contribution is -0.131. The normalized spacial score (nSPS) is 11.7. The molecule has 2 rings (SSSR count). The quantitative estimate of drug-likeness (QED) is 0.359. The Bertz CT molecular complexity index is 980. The highest BCUT2D eigenvalue weighted by atomic mass is 35.5. The van der Waals surface area contributed by atoms with Crippen molar-refractivity contribution in [2.75, 3.05) is 0 Å². The second-order valence-corrected chi connectivity index (χ2v) is 6.31. The largest absolute Gasteiger partial charge is 0.339 e. The molecule has 28 heavy (non-hydrogen) atoms. The Morgan fingerprint density at radius 2 is 1.71 bits per heavy atom. The lowest BCUT2D eigenvalue weighted by Gasteiger charge is -2.19. The lowest BCUT2D eigenvalue weighted by Crippen LogP contribution is -2.54. The molecular weight excluding hydrogens is 378 g/mol. The van der Waals surface area contributed by atoms with Crippen LogP contribution in [0.4, 0.5) is 0 Å². The van der Waals surface area contributed by atoms with E-state index < -0.39 is 23.9 Å². The van der Waals surface area contributed by atoms with Gasteiger partial charge >= 0.3 is 0 Å². The van der Waals surface area contributed by atoms with Crippen LogP contribution in [0.5, 0.6) is 0 Å². The van der Waals surface area contributed by atoms with Crippen molar-refractivity contribution in [3.8, 4) is 23.7 Å². The van der Waals surface area contributed by atoms with Gasteiger partial charge in [0.2, 0.25) is 0 Å². The molecule has 7 heteroatoms. The molecule has 0 bridgehead atoms. The number of nitrogens with two attached hydrogens (primary N) is 1. The van der Waals surface area contributed by atoms with Crippen molar-refractivity contribution < 1.29 is 14.8 Å². The molecule has 0 aliphatic rings. The van der Waals surface area contributed by atoms with Crippen LogP contribution in [-0.4, -0.2) is 29.1 Å². The first-order valence-electron chi connectivity index (χ1n) is 8.28. The van der Waals surface area contributed by atoms with Gasteiger partial charge in [0, 0.05) is 27.8 Å². The summed E-state index contributed by atoms with van der Waals surface area (Å²) in [6.45, 7) is 1.54. The zero-order valence-corrected chi connectivity index (χ0v) is 15.7. The van der Waals surface area contributed by atoms with Gasteiger partial charge in [-0.05, 0) is 61.2 Å². The topological polar surface area (TPSA) is 104 Å². The minimum Gasteiger partial charge on any atom is -0.339 e. The summed E-state index contributed by atoms with van der Waals surface area (Å²) in [6.07, 6.45) is 0. The van der Waals surface area contributed by atoms with Gasteiger partial charge in [0.1, 0.15) is 6.04 Å². The average Bonchev–Trinajstić information content (AvgIpc) is 2.69. The number of hydroxylamine groups is 1. The highest BCUT2D eigenvalue weighted by molar-refractivity contribution is 6.30. The Hall–Kier alpha value is -3.29. The predicted molar refractivity (Wildman–Crippen MR) is 106 cm³/mol. The van der Waals surface area contributed by atoms with Gasteiger partial charge in [-0.3, -0.25) is 14.8 Å². The first-order chi connectivity index (χ1) is 13.4. The monoisotopic (exact) mass is 395 g/mol. The number of nitrogens with one attached hydrogen (secondary N) is 2. The van der Waals surface area contributed by atoms with Crippen LogP contribution in [0.2, 0.25) is 5.02 Å². The van der Waals surface area contributed by atoms with E-state index >= 15 is 0 Å². The van der Waals surface area contributed by atoms with E-state index in [2.05, 4.69) is 29.0 Å². The van der Waals surface area contributed by atoms with Crippen molar-refractivity contribution in [2.24, 2.45) is 5.73 Å². The van der Waals surface area contributed by atoms with Crippen LogP contribution in [0.1, 0.15) is 28.4 Å². The van der Waals surface area contributed by atoms with E-state index in [4.69, 9.17) is 22.5 Å². The SMILES string of the molecule is C[C@@H](N)[C@H](NC(=O)c1ccc(C#CC#Cc2cccc(Cl)c2)cc1)C(=O)NO. The van der Waals surface area contributed by atoms with E-state index in [0.717, 1.165) is 5.56 Å². The van der Waals surface area contributed by atoms with E-state index in [1.165, 1.54) is 5.48 Å². The second kappa shape index (κ2) is 10.1.